The smallest absolute Gasteiger partial charge is 0.339 e. The Labute approximate surface area is 109 Å². The first kappa shape index (κ1) is 14.3. The molecule has 1 aromatic heterocycles. The molecule has 2 N–H and O–H groups in total. The minimum atomic E-state index is -4.12. The predicted molar refractivity (Wildman–Crippen MR) is 62.4 cm³/mol. The Hall–Kier alpha value is -1.11. The highest BCUT2D eigenvalue weighted by molar-refractivity contribution is 4.97. The van der Waals surface area contributed by atoms with Crippen LogP contribution in [0.25, 0.3) is 0 Å². The van der Waals surface area contributed by atoms with Crippen molar-refractivity contribution in [2.24, 2.45) is 11.7 Å². The van der Waals surface area contributed by atoms with Gasteiger partial charge in [-0.05, 0) is 32.2 Å². The van der Waals surface area contributed by atoms with Gasteiger partial charge in [0.2, 0.25) is 5.89 Å². The van der Waals surface area contributed by atoms with Gasteiger partial charge in [-0.2, -0.15) is 18.2 Å². The lowest BCUT2D eigenvalue weighted by Crippen LogP contribution is -2.28. The van der Waals surface area contributed by atoms with E-state index < -0.39 is 12.1 Å². The summed E-state index contributed by atoms with van der Waals surface area (Å²) < 4.78 is 43.3. The Kier molecular flexibility index (Phi) is 4.44. The van der Waals surface area contributed by atoms with E-state index >= 15 is 0 Å². The third-order valence-corrected chi connectivity index (χ3v) is 3.57. The fraction of sp³-hybridized carbons (Fsp3) is 0.833. The van der Waals surface area contributed by atoms with Crippen LogP contribution in [0.15, 0.2) is 4.52 Å². The molecule has 0 bridgehead atoms. The molecule has 0 radical (unpaired) electrons. The van der Waals surface area contributed by atoms with E-state index in [1.165, 1.54) is 0 Å². The summed E-state index contributed by atoms with van der Waals surface area (Å²) in [5.41, 5.74) is 5.38. The molecule has 0 amide bonds. The number of halogens is 3. The molecule has 1 aromatic rings. The van der Waals surface area contributed by atoms with Crippen molar-refractivity contribution in [1.29, 1.82) is 0 Å². The second kappa shape index (κ2) is 5.90. The van der Waals surface area contributed by atoms with Gasteiger partial charge in [0.15, 0.2) is 5.82 Å². The standard InChI is InChI=1S/C12H18F3N3O/c13-12(14,15)9-4-1-3-8(7-9)11-17-10(18-19-11)5-2-6-16/h8-9H,1-7,16H2. The zero-order valence-corrected chi connectivity index (χ0v) is 10.6. The van der Waals surface area contributed by atoms with E-state index in [-0.39, 0.29) is 18.8 Å². The predicted octanol–water partition coefficient (Wildman–Crippen LogP) is 2.80. The molecular weight excluding hydrogens is 259 g/mol. The molecule has 0 spiro atoms. The highest BCUT2D eigenvalue weighted by Crippen LogP contribution is 2.43. The molecular formula is C12H18F3N3O. The molecule has 2 atom stereocenters. The quantitative estimate of drug-likeness (QED) is 0.919. The van der Waals surface area contributed by atoms with Crippen LogP contribution in [0.2, 0.25) is 0 Å². The van der Waals surface area contributed by atoms with Crippen molar-refractivity contribution in [3.63, 3.8) is 0 Å². The van der Waals surface area contributed by atoms with E-state index in [1.54, 1.807) is 0 Å². The fourth-order valence-corrected chi connectivity index (χ4v) is 2.51. The lowest BCUT2D eigenvalue weighted by Gasteiger charge is -2.28. The zero-order chi connectivity index (χ0) is 13.9. The van der Waals surface area contributed by atoms with Gasteiger partial charge < -0.3 is 10.3 Å². The maximum atomic E-state index is 12.7. The fourth-order valence-electron chi connectivity index (χ4n) is 2.51. The number of aromatic nitrogens is 2. The molecule has 1 aliphatic carbocycles. The van der Waals surface area contributed by atoms with Gasteiger partial charge in [0.05, 0.1) is 5.92 Å². The Morgan fingerprint density at radius 2 is 2.11 bits per heavy atom. The topological polar surface area (TPSA) is 64.9 Å². The molecule has 1 saturated carbocycles. The summed E-state index contributed by atoms with van der Waals surface area (Å²) in [5, 5.41) is 3.79. The van der Waals surface area contributed by atoms with Crippen LogP contribution < -0.4 is 5.73 Å². The van der Waals surface area contributed by atoms with Gasteiger partial charge in [-0.15, -0.1) is 0 Å². The van der Waals surface area contributed by atoms with Crippen molar-refractivity contribution in [2.45, 2.75) is 50.6 Å². The molecule has 108 valence electrons. The van der Waals surface area contributed by atoms with E-state index in [9.17, 15) is 13.2 Å². The molecule has 1 heterocycles. The summed E-state index contributed by atoms with van der Waals surface area (Å²) in [7, 11) is 0. The molecule has 0 aromatic carbocycles. The van der Waals surface area contributed by atoms with Crippen molar-refractivity contribution < 1.29 is 17.7 Å². The van der Waals surface area contributed by atoms with Gasteiger partial charge in [0.25, 0.3) is 0 Å². The van der Waals surface area contributed by atoms with Crippen molar-refractivity contribution in [1.82, 2.24) is 10.1 Å². The van der Waals surface area contributed by atoms with Crippen LogP contribution in [-0.4, -0.2) is 22.9 Å². The van der Waals surface area contributed by atoms with Crippen LogP contribution in [0.5, 0.6) is 0 Å². The number of nitrogens with two attached hydrogens (primary N) is 1. The third-order valence-electron chi connectivity index (χ3n) is 3.57. The van der Waals surface area contributed by atoms with Gasteiger partial charge in [0, 0.05) is 12.3 Å². The second-order valence-electron chi connectivity index (χ2n) is 5.04. The van der Waals surface area contributed by atoms with Crippen LogP contribution in [-0.2, 0) is 6.42 Å². The van der Waals surface area contributed by atoms with E-state index in [4.69, 9.17) is 10.3 Å². The number of nitrogens with zero attached hydrogens (tertiary/aromatic N) is 2. The highest BCUT2D eigenvalue weighted by Gasteiger charge is 2.43. The summed E-state index contributed by atoms with van der Waals surface area (Å²) in [6.45, 7) is 0.531. The minimum absolute atomic E-state index is 0.0576. The maximum Gasteiger partial charge on any atom is 0.391 e. The summed E-state index contributed by atoms with van der Waals surface area (Å²) in [6.07, 6.45) is -1.28. The first-order valence-electron chi connectivity index (χ1n) is 6.60. The number of hydrogen-bond acceptors (Lipinski definition) is 4. The summed E-state index contributed by atoms with van der Waals surface area (Å²) in [6, 6.07) is 0. The lowest BCUT2D eigenvalue weighted by molar-refractivity contribution is -0.183. The number of aryl methyl sites for hydroxylation is 1. The molecule has 7 heteroatoms. The lowest BCUT2D eigenvalue weighted by atomic mass is 9.81. The SMILES string of the molecule is NCCCc1noc(C2CCCC(C(F)(F)F)C2)n1. The van der Waals surface area contributed by atoms with Crippen molar-refractivity contribution >= 4 is 0 Å². The molecule has 0 saturated heterocycles. The van der Waals surface area contributed by atoms with Crippen LogP contribution >= 0.6 is 0 Å². The zero-order valence-electron chi connectivity index (χ0n) is 10.6. The molecule has 1 aliphatic rings. The maximum absolute atomic E-state index is 12.7. The van der Waals surface area contributed by atoms with Gasteiger partial charge in [0.1, 0.15) is 0 Å². The molecule has 2 unspecified atom stereocenters. The first-order chi connectivity index (χ1) is 9.00. The molecule has 19 heavy (non-hydrogen) atoms. The summed E-state index contributed by atoms with van der Waals surface area (Å²) in [5.74, 6) is -0.624. The first-order valence-corrected chi connectivity index (χ1v) is 6.60. The Morgan fingerprint density at radius 3 is 2.79 bits per heavy atom. The van der Waals surface area contributed by atoms with Crippen molar-refractivity contribution in [3.8, 4) is 0 Å². The Balaban J connectivity index is 1.99. The van der Waals surface area contributed by atoms with Crippen LogP contribution in [0, 0.1) is 5.92 Å². The van der Waals surface area contributed by atoms with E-state index in [1.807, 2.05) is 0 Å². The van der Waals surface area contributed by atoms with E-state index in [2.05, 4.69) is 10.1 Å². The van der Waals surface area contributed by atoms with Crippen molar-refractivity contribution in [3.05, 3.63) is 11.7 Å². The van der Waals surface area contributed by atoms with Crippen LogP contribution in [0.1, 0.15) is 49.7 Å². The normalized spacial score (nSPS) is 24.6. The largest absolute Gasteiger partial charge is 0.391 e. The van der Waals surface area contributed by atoms with Crippen LogP contribution in [0.4, 0.5) is 13.2 Å². The monoisotopic (exact) mass is 277 g/mol. The van der Waals surface area contributed by atoms with Crippen LogP contribution in [0.3, 0.4) is 0 Å². The summed E-state index contributed by atoms with van der Waals surface area (Å²) in [4.78, 5) is 4.19. The van der Waals surface area contributed by atoms with Gasteiger partial charge in [-0.25, -0.2) is 0 Å². The van der Waals surface area contributed by atoms with E-state index in [0.717, 1.165) is 6.42 Å². The average Bonchev–Trinajstić information content (AvgIpc) is 2.84. The Bertz CT molecular complexity index is 405. The highest BCUT2D eigenvalue weighted by atomic mass is 19.4. The number of hydrogen-bond donors (Lipinski definition) is 1. The molecule has 2 rings (SSSR count). The summed E-state index contributed by atoms with van der Waals surface area (Å²) >= 11 is 0. The van der Waals surface area contributed by atoms with Crippen molar-refractivity contribution in [2.75, 3.05) is 6.54 Å². The van der Waals surface area contributed by atoms with Gasteiger partial charge >= 0.3 is 6.18 Å². The molecule has 0 aliphatic heterocycles. The minimum Gasteiger partial charge on any atom is -0.339 e. The number of rotatable bonds is 4. The van der Waals surface area contributed by atoms with Gasteiger partial charge in [-0.3, -0.25) is 0 Å². The second-order valence-corrected chi connectivity index (χ2v) is 5.04. The Morgan fingerprint density at radius 1 is 1.32 bits per heavy atom. The van der Waals surface area contributed by atoms with Gasteiger partial charge in [-0.1, -0.05) is 11.6 Å². The molecule has 4 nitrogen and oxygen atoms in total. The average molecular weight is 277 g/mol. The van der Waals surface area contributed by atoms with E-state index in [0.29, 0.717) is 37.5 Å². The molecule has 1 fully saturated rings. The number of alkyl halides is 3. The third kappa shape index (κ3) is 3.68.